The van der Waals surface area contributed by atoms with Crippen molar-refractivity contribution in [2.24, 2.45) is 5.41 Å². The number of alkyl halides is 2. The van der Waals surface area contributed by atoms with Gasteiger partial charge in [0.05, 0.1) is 24.1 Å². The predicted molar refractivity (Wildman–Crippen MR) is 155 cm³/mol. The molecule has 0 spiro atoms. The maximum atomic E-state index is 14.0. The van der Waals surface area contributed by atoms with Gasteiger partial charge in [0, 0.05) is 11.0 Å². The zero-order chi connectivity index (χ0) is 30.2. The monoisotopic (exact) mass is 607 g/mol. The van der Waals surface area contributed by atoms with Gasteiger partial charge in [-0.25, -0.2) is 0 Å². The third-order valence-electron chi connectivity index (χ3n) is 7.06. The Hall–Kier alpha value is -2.50. The van der Waals surface area contributed by atoms with Crippen LogP contribution in [0.1, 0.15) is 58.6 Å². The number of ether oxygens (including phenoxy) is 3. The molecule has 0 amide bonds. The fourth-order valence-corrected chi connectivity index (χ4v) is 6.85. The van der Waals surface area contributed by atoms with Crippen LogP contribution in [0.2, 0.25) is 0 Å². The van der Waals surface area contributed by atoms with Crippen molar-refractivity contribution < 1.29 is 36.0 Å². The minimum atomic E-state index is -5.62. The lowest BCUT2D eigenvalue weighted by Crippen LogP contribution is -2.43. The molecule has 0 bridgehead atoms. The summed E-state index contributed by atoms with van der Waals surface area (Å²) in [5, 5.41) is -4.45. The first-order valence-electron chi connectivity index (χ1n) is 13.4. The SMILES string of the molecule is CC(C)c1ccc([S+](c2ccc(OC(C)C(F)(F)S(=O)(=O)O)cc2)c2ccc(C3(C)OCC(C)(C)CO3)cc2)cc1. The van der Waals surface area contributed by atoms with Crippen LogP contribution in [0.15, 0.2) is 87.5 Å². The van der Waals surface area contributed by atoms with Crippen molar-refractivity contribution in [1.29, 1.82) is 0 Å². The minimum Gasteiger partial charge on any atom is -0.483 e. The number of benzene rings is 3. The normalized spacial score (nSPS) is 18.6. The quantitative estimate of drug-likeness (QED) is 0.202. The molecule has 1 fully saturated rings. The lowest BCUT2D eigenvalue weighted by atomic mass is 9.94. The Balaban J connectivity index is 1.65. The molecule has 41 heavy (non-hydrogen) atoms. The maximum absolute atomic E-state index is 14.0. The van der Waals surface area contributed by atoms with Crippen LogP contribution in [0.3, 0.4) is 0 Å². The van der Waals surface area contributed by atoms with E-state index in [0.29, 0.717) is 19.1 Å². The molecule has 6 nitrogen and oxygen atoms in total. The molecule has 0 radical (unpaired) electrons. The highest BCUT2D eigenvalue weighted by atomic mass is 32.2. The summed E-state index contributed by atoms with van der Waals surface area (Å²) in [4.78, 5) is 3.01. The van der Waals surface area contributed by atoms with E-state index in [1.54, 1.807) is 12.1 Å². The van der Waals surface area contributed by atoms with Gasteiger partial charge in [0.2, 0.25) is 0 Å². The second kappa shape index (κ2) is 11.6. The van der Waals surface area contributed by atoms with E-state index in [4.69, 9.17) is 18.8 Å². The Morgan fingerprint density at radius 1 is 0.829 bits per heavy atom. The molecule has 1 saturated heterocycles. The van der Waals surface area contributed by atoms with Crippen molar-refractivity contribution in [2.45, 2.75) is 79.3 Å². The van der Waals surface area contributed by atoms with Crippen LogP contribution in [-0.2, 0) is 36.3 Å². The standard InChI is InChI=1S/C31H36F2O6S2/c1-21(2)23-7-13-26(14-8-23)40(27-15-9-24(10-16-27)30(6)37-19-29(4,5)20-38-30)28-17-11-25(12-18-28)39-22(3)31(32,33)41(34,35)36/h7-18,21-22H,19-20H2,1-6H3/p+1. The Bertz CT molecular complexity index is 1430. The van der Waals surface area contributed by atoms with E-state index in [2.05, 4.69) is 52.0 Å². The van der Waals surface area contributed by atoms with Crippen LogP contribution < -0.4 is 4.74 Å². The van der Waals surface area contributed by atoms with Gasteiger partial charge in [-0.05, 0) is 86.0 Å². The van der Waals surface area contributed by atoms with Crippen molar-refractivity contribution >= 4 is 21.0 Å². The molecule has 10 heteroatoms. The van der Waals surface area contributed by atoms with Crippen molar-refractivity contribution in [2.75, 3.05) is 13.2 Å². The first kappa shape index (κ1) is 31.4. The zero-order valence-electron chi connectivity index (χ0n) is 24.1. The molecular formula is C31H37F2O6S2+. The summed E-state index contributed by atoms with van der Waals surface area (Å²) in [6.07, 6.45) is -2.09. The summed E-state index contributed by atoms with van der Waals surface area (Å²) in [6.45, 7) is 12.5. The van der Waals surface area contributed by atoms with Crippen molar-refractivity contribution in [3.8, 4) is 5.75 Å². The largest absolute Gasteiger partial charge is 0.483 e. The van der Waals surface area contributed by atoms with Crippen LogP contribution in [-0.4, -0.2) is 37.5 Å². The van der Waals surface area contributed by atoms with E-state index in [9.17, 15) is 17.2 Å². The molecule has 3 aromatic carbocycles. The fraction of sp³-hybridized carbons (Fsp3) is 0.419. The predicted octanol–water partition coefficient (Wildman–Crippen LogP) is 7.40. The first-order valence-corrected chi connectivity index (χ1v) is 16.0. The molecule has 1 aliphatic heterocycles. The molecule has 1 heterocycles. The summed E-state index contributed by atoms with van der Waals surface area (Å²) >= 11 is 0. The van der Waals surface area contributed by atoms with Crippen molar-refractivity contribution in [1.82, 2.24) is 0 Å². The van der Waals surface area contributed by atoms with Gasteiger partial charge >= 0.3 is 15.4 Å². The van der Waals surface area contributed by atoms with Crippen molar-refractivity contribution in [3.63, 3.8) is 0 Å². The average molecular weight is 608 g/mol. The average Bonchev–Trinajstić information content (AvgIpc) is 2.91. The number of hydrogen-bond donors (Lipinski definition) is 1. The summed E-state index contributed by atoms with van der Waals surface area (Å²) in [6, 6.07) is 23.1. The van der Waals surface area contributed by atoms with Gasteiger partial charge in [-0.3, -0.25) is 4.55 Å². The van der Waals surface area contributed by atoms with E-state index in [-0.39, 0.29) is 11.2 Å². The Morgan fingerprint density at radius 3 is 1.71 bits per heavy atom. The van der Waals surface area contributed by atoms with Gasteiger partial charge in [0.15, 0.2) is 26.6 Å². The highest BCUT2D eigenvalue weighted by Gasteiger charge is 2.51. The van der Waals surface area contributed by atoms with E-state index < -0.39 is 38.2 Å². The van der Waals surface area contributed by atoms with Gasteiger partial charge in [-0.1, -0.05) is 39.8 Å². The van der Waals surface area contributed by atoms with Crippen LogP contribution in [0.25, 0.3) is 0 Å². The topological polar surface area (TPSA) is 82.1 Å². The zero-order valence-corrected chi connectivity index (χ0v) is 25.7. The maximum Gasteiger partial charge on any atom is 0.405 e. The molecule has 4 rings (SSSR count). The van der Waals surface area contributed by atoms with Crippen LogP contribution in [0.5, 0.6) is 5.75 Å². The molecule has 2 unspecified atom stereocenters. The van der Waals surface area contributed by atoms with Crippen LogP contribution in [0, 0.1) is 5.41 Å². The third-order valence-corrected chi connectivity index (χ3v) is 10.3. The van der Waals surface area contributed by atoms with Crippen molar-refractivity contribution in [3.05, 3.63) is 83.9 Å². The lowest BCUT2D eigenvalue weighted by molar-refractivity contribution is -0.298. The molecule has 0 aromatic heterocycles. The molecule has 3 aromatic rings. The van der Waals surface area contributed by atoms with Gasteiger partial charge in [0.1, 0.15) is 5.75 Å². The second-order valence-electron chi connectivity index (χ2n) is 11.5. The Labute approximate surface area is 244 Å². The van der Waals surface area contributed by atoms with Crippen LogP contribution in [0.4, 0.5) is 8.78 Å². The fourth-order valence-electron chi connectivity index (χ4n) is 4.34. The lowest BCUT2D eigenvalue weighted by Gasteiger charge is -2.41. The highest BCUT2D eigenvalue weighted by molar-refractivity contribution is 7.97. The molecule has 0 saturated carbocycles. The van der Waals surface area contributed by atoms with Gasteiger partial charge < -0.3 is 14.2 Å². The highest BCUT2D eigenvalue weighted by Crippen LogP contribution is 2.39. The molecule has 2 atom stereocenters. The number of hydrogen-bond acceptors (Lipinski definition) is 5. The summed E-state index contributed by atoms with van der Waals surface area (Å²) in [5.74, 6) is -0.405. The van der Waals surface area contributed by atoms with Gasteiger partial charge in [-0.2, -0.15) is 17.2 Å². The number of halogens is 2. The molecule has 0 aliphatic carbocycles. The third kappa shape index (κ3) is 6.94. The van der Waals surface area contributed by atoms with Gasteiger partial charge in [0.25, 0.3) is 0 Å². The van der Waals surface area contributed by atoms with E-state index in [1.807, 2.05) is 31.2 Å². The Kier molecular flexibility index (Phi) is 8.93. The second-order valence-corrected chi connectivity index (χ2v) is 15.0. The summed E-state index contributed by atoms with van der Waals surface area (Å²) < 4.78 is 76.5. The number of rotatable bonds is 9. The van der Waals surface area contributed by atoms with E-state index in [1.165, 1.54) is 17.7 Å². The molecule has 1 N–H and O–H groups in total. The summed E-state index contributed by atoms with van der Waals surface area (Å²) in [7, 11) is -6.17. The summed E-state index contributed by atoms with van der Waals surface area (Å²) in [5.41, 5.74) is 2.07. The smallest absolute Gasteiger partial charge is 0.405 e. The van der Waals surface area contributed by atoms with E-state index in [0.717, 1.165) is 27.2 Å². The first-order chi connectivity index (χ1) is 19.0. The molecular weight excluding hydrogens is 570 g/mol. The van der Waals surface area contributed by atoms with E-state index >= 15 is 0 Å². The van der Waals surface area contributed by atoms with Gasteiger partial charge in [-0.15, -0.1) is 0 Å². The van der Waals surface area contributed by atoms with Crippen LogP contribution >= 0.6 is 0 Å². The molecule has 222 valence electrons. The molecule has 1 aliphatic rings. The minimum absolute atomic E-state index is 0.0516. The Morgan fingerprint density at radius 2 is 1.27 bits per heavy atom.